The highest BCUT2D eigenvalue weighted by Gasteiger charge is 2.29. The number of aromatic nitrogens is 3. The Balaban J connectivity index is 1.66. The topological polar surface area (TPSA) is 86.7 Å². The fraction of sp³-hybridized carbons (Fsp3) is 0.333. The van der Waals surface area contributed by atoms with E-state index in [2.05, 4.69) is 51.6 Å². The Bertz CT molecular complexity index is 1790. The van der Waals surface area contributed by atoms with Crippen LogP contribution in [-0.4, -0.2) is 20.6 Å². The molecular weight excluding hydrogens is 498 g/mol. The summed E-state index contributed by atoms with van der Waals surface area (Å²) in [6.45, 7) is 15.9. The Kier molecular flexibility index (Phi) is 6.06. The first-order valence-electron chi connectivity index (χ1n) is 12.5. The minimum Gasteiger partial charge on any atom is -0.452 e. The van der Waals surface area contributed by atoms with Gasteiger partial charge in [0.15, 0.2) is 5.76 Å². The molecule has 0 N–H and O–H groups in total. The fourth-order valence-electron chi connectivity index (χ4n) is 4.57. The van der Waals surface area contributed by atoms with Crippen molar-refractivity contribution < 1.29 is 13.9 Å². The van der Waals surface area contributed by atoms with E-state index in [0.717, 1.165) is 33.2 Å². The molecule has 0 radical (unpaired) electrons. The molecule has 38 heavy (non-hydrogen) atoms. The summed E-state index contributed by atoms with van der Waals surface area (Å²) in [6.07, 6.45) is 1.86. The third kappa shape index (κ3) is 4.53. The van der Waals surface area contributed by atoms with Crippen LogP contribution in [-0.2, 0) is 15.6 Å². The number of rotatable bonds is 3. The van der Waals surface area contributed by atoms with Crippen molar-refractivity contribution in [2.45, 2.75) is 66.2 Å². The number of esters is 1. The van der Waals surface area contributed by atoms with E-state index in [1.54, 1.807) is 0 Å². The molecule has 0 saturated carbocycles. The molecule has 0 atom stereocenters. The molecule has 7 nitrogen and oxygen atoms in total. The Labute approximate surface area is 224 Å². The number of ether oxygens (including phenoxy) is 1. The molecule has 0 spiro atoms. The molecule has 0 aliphatic heterocycles. The van der Waals surface area contributed by atoms with Gasteiger partial charge in [-0.3, -0.25) is 9.59 Å². The quantitative estimate of drug-likeness (QED) is 0.212. The lowest BCUT2D eigenvalue weighted by molar-refractivity contribution is -0.132. The highest BCUT2D eigenvalue weighted by molar-refractivity contribution is 7.15. The minimum atomic E-state index is -0.361. The van der Waals surface area contributed by atoms with Crippen molar-refractivity contribution in [2.24, 2.45) is 0 Å². The molecule has 0 amide bonds. The molecule has 3 aromatic heterocycles. The van der Waals surface area contributed by atoms with Gasteiger partial charge < -0.3 is 9.15 Å². The zero-order valence-corrected chi connectivity index (χ0v) is 23.7. The molecular formula is C30H31N3O4S. The average Bonchev–Trinajstić information content (AvgIpc) is 3.46. The van der Waals surface area contributed by atoms with Gasteiger partial charge in [-0.1, -0.05) is 71.1 Å². The Morgan fingerprint density at radius 2 is 1.68 bits per heavy atom. The summed E-state index contributed by atoms with van der Waals surface area (Å²) in [5.41, 5.74) is 3.54. The van der Waals surface area contributed by atoms with Crippen LogP contribution in [0.2, 0.25) is 0 Å². The van der Waals surface area contributed by atoms with Crippen molar-refractivity contribution in [1.29, 1.82) is 0 Å². The number of thiazole rings is 1. The van der Waals surface area contributed by atoms with Gasteiger partial charge >= 0.3 is 5.97 Å². The number of aryl methyl sites for hydroxylation is 1. The summed E-state index contributed by atoms with van der Waals surface area (Å²) >= 11 is 1.28. The van der Waals surface area contributed by atoms with Gasteiger partial charge in [0, 0.05) is 29.0 Å². The second-order valence-electron chi connectivity index (χ2n) is 11.6. The molecule has 5 aromatic rings. The zero-order valence-electron chi connectivity index (χ0n) is 22.9. The van der Waals surface area contributed by atoms with Crippen LogP contribution in [0.5, 0.6) is 5.75 Å². The van der Waals surface area contributed by atoms with Gasteiger partial charge in [0.2, 0.25) is 10.8 Å². The average molecular weight is 530 g/mol. The summed E-state index contributed by atoms with van der Waals surface area (Å²) in [6, 6.07) is 11.8. The number of hydrogen-bond acceptors (Lipinski definition) is 7. The predicted octanol–water partition coefficient (Wildman–Crippen LogP) is 5.94. The lowest BCUT2D eigenvalue weighted by Crippen LogP contribution is -2.24. The van der Waals surface area contributed by atoms with E-state index in [-0.39, 0.29) is 22.4 Å². The first-order chi connectivity index (χ1) is 17.7. The van der Waals surface area contributed by atoms with E-state index in [9.17, 15) is 9.59 Å². The third-order valence-corrected chi connectivity index (χ3v) is 7.46. The Hall–Kier alpha value is -3.78. The molecule has 196 valence electrons. The van der Waals surface area contributed by atoms with Crippen LogP contribution in [0.15, 0.2) is 45.6 Å². The molecule has 2 aromatic carbocycles. The van der Waals surface area contributed by atoms with Gasteiger partial charge in [0.25, 0.3) is 5.56 Å². The molecule has 3 heterocycles. The smallest absolute Gasteiger partial charge is 0.308 e. The Morgan fingerprint density at radius 3 is 2.24 bits per heavy atom. The highest BCUT2D eigenvalue weighted by atomic mass is 32.1. The Morgan fingerprint density at radius 1 is 1.05 bits per heavy atom. The number of carbonyl (C=O) groups excluding carboxylic acids is 1. The van der Waals surface area contributed by atoms with Gasteiger partial charge in [0.1, 0.15) is 11.3 Å². The van der Waals surface area contributed by atoms with Crippen LogP contribution >= 0.6 is 11.3 Å². The van der Waals surface area contributed by atoms with Crippen molar-refractivity contribution in [2.75, 3.05) is 0 Å². The van der Waals surface area contributed by atoms with Crippen molar-refractivity contribution in [3.05, 3.63) is 73.5 Å². The van der Waals surface area contributed by atoms with Gasteiger partial charge in [-0.25, -0.2) is 0 Å². The maximum absolute atomic E-state index is 13.4. The first-order valence-corrected chi connectivity index (χ1v) is 13.3. The van der Waals surface area contributed by atoms with Crippen LogP contribution < -0.4 is 14.8 Å². The molecule has 0 unspecified atom stereocenters. The summed E-state index contributed by atoms with van der Waals surface area (Å²) < 4.78 is 13.6. The summed E-state index contributed by atoms with van der Waals surface area (Å²) in [5.74, 6) is 1.19. The molecule has 0 fully saturated rings. The minimum absolute atomic E-state index is 0.240. The van der Waals surface area contributed by atoms with E-state index >= 15 is 0 Å². The van der Waals surface area contributed by atoms with Crippen molar-refractivity contribution in [3.8, 4) is 17.3 Å². The van der Waals surface area contributed by atoms with Gasteiger partial charge in [-0.05, 0) is 47.6 Å². The molecule has 0 saturated heterocycles. The summed E-state index contributed by atoms with van der Waals surface area (Å²) in [4.78, 5) is 30.4. The molecule has 8 heteroatoms. The van der Waals surface area contributed by atoms with E-state index in [0.29, 0.717) is 26.8 Å². The first kappa shape index (κ1) is 25.9. The number of nitrogens with zero attached hydrogens (tertiary/aromatic N) is 3. The van der Waals surface area contributed by atoms with Crippen LogP contribution in [0, 0.1) is 6.92 Å². The number of fused-ring (bicyclic) bond motifs is 2. The van der Waals surface area contributed by atoms with Gasteiger partial charge in [-0.15, -0.1) is 5.10 Å². The fourth-order valence-corrected chi connectivity index (χ4v) is 5.48. The van der Waals surface area contributed by atoms with Crippen LogP contribution in [0.3, 0.4) is 0 Å². The van der Waals surface area contributed by atoms with Crippen molar-refractivity contribution in [1.82, 2.24) is 14.6 Å². The van der Waals surface area contributed by atoms with Crippen LogP contribution in [0.1, 0.15) is 70.7 Å². The molecule has 0 bridgehead atoms. The second-order valence-corrected chi connectivity index (χ2v) is 12.6. The normalized spacial score (nSPS) is 13.1. The zero-order chi connectivity index (χ0) is 27.6. The number of benzene rings is 2. The van der Waals surface area contributed by atoms with Gasteiger partial charge in [-0.2, -0.15) is 9.50 Å². The lowest BCUT2D eigenvalue weighted by atomic mass is 9.78. The van der Waals surface area contributed by atoms with E-state index in [1.807, 2.05) is 49.4 Å². The maximum atomic E-state index is 13.4. The molecule has 5 rings (SSSR count). The summed E-state index contributed by atoms with van der Waals surface area (Å²) in [5, 5.41) is 5.49. The summed E-state index contributed by atoms with van der Waals surface area (Å²) in [7, 11) is 0. The van der Waals surface area contributed by atoms with Crippen molar-refractivity contribution in [3.63, 3.8) is 0 Å². The monoisotopic (exact) mass is 529 g/mol. The predicted molar refractivity (Wildman–Crippen MR) is 151 cm³/mol. The van der Waals surface area contributed by atoms with Crippen molar-refractivity contribution >= 4 is 39.3 Å². The van der Waals surface area contributed by atoms with E-state index in [1.165, 1.54) is 22.8 Å². The number of carbonyl (C=O) groups is 1. The standard InChI is InChI=1S/C30H31N3O4S/c1-16-19-11-9-10-12-22(19)37-24(16)26-31-28-33(32-26)27(35)23(38-28)15-18-13-20(29(3,4)5)25(36-17(2)34)21(14-18)30(6,7)8/h9-15H,1-8H3. The van der Waals surface area contributed by atoms with Gasteiger partial charge in [0.05, 0.1) is 4.53 Å². The largest absolute Gasteiger partial charge is 0.452 e. The SMILES string of the molecule is CC(=O)Oc1c(C(C)(C)C)cc(C=c2sc3nc(-c4oc5ccccc5c4C)nn3c2=O)cc1C(C)(C)C. The van der Waals surface area contributed by atoms with Crippen LogP contribution in [0.25, 0.3) is 33.6 Å². The highest BCUT2D eigenvalue weighted by Crippen LogP contribution is 2.41. The maximum Gasteiger partial charge on any atom is 0.308 e. The van der Waals surface area contributed by atoms with E-state index < -0.39 is 0 Å². The molecule has 0 aliphatic carbocycles. The number of hydrogen-bond donors (Lipinski definition) is 0. The van der Waals surface area contributed by atoms with E-state index in [4.69, 9.17) is 9.15 Å². The second kappa shape index (κ2) is 8.91. The van der Waals surface area contributed by atoms with Crippen LogP contribution in [0.4, 0.5) is 0 Å². The molecule has 0 aliphatic rings. The number of furan rings is 1. The third-order valence-electron chi connectivity index (χ3n) is 6.50. The number of para-hydroxylation sites is 1. The lowest BCUT2D eigenvalue weighted by Gasteiger charge is -2.29.